The minimum absolute atomic E-state index is 0.00444. The molecule has 8 heteroatoms. The van der Waals surface area contributed by atoms with Crippen molar-refractivity contribution in [2.75, 3.05) is 37.8 Å². The highest BCUT2D eigenvalue weighted by Gasteiger charge is 2.27. The number of anilines is 1. The molecule has 0 radical (unpaired) electrons. The van der Waals surface area contributed by atoms with Gasteiger partial charge in [0, 0.05) is 19.7 Å². The molecule has 0 saturated carbocycles. The van der Waals surface area contributed by atoms with Crippen LogP contribution in [0, 0.1) is 5.82 Å². The van der Waals surface area contributed by atoms with Gasteiger partial charge >= 0.3 is 0 Å². The van der Waals surface area contributed by atoms with Gasteiger partial charge in [-0.05, 0) is 19.1 Å². The van der Waals surface area contributed by atoms with Gasteiger partial charge in [0.25, 0.3) is 0 Å². The summed E-state index contributed by atoms with van der Waals surface area (Å²) in [6.45, 7) is 3.93. The lowest BCUT2D eigenvalue weighted by Gasteiger charge is -2.35. The Kier molecular flexibility index (Phi) is 5.15. The van der Waals surface area contributed by atoms with Gasteiger partial charge in [0.1, 0.15) is 10.7 Å². The Hall–Kier alpha value is -1.22. The molecule has 1 aliphatic rings. The van der Waals surface area contributed by atoms with Gasteiger partial charge in [-0.25, -0.2) is 17.9 Å². The van der Waals surface area contributed by atoms with Crippen LogP contribution in [0.3, 0.4) is 0 Å². The molecular weight excluding hydrogens is 299 g/mol. The van der Waals surface area contributed by atoms with E-state index in [9.17, 15) is 12.8 Å². The number of benzene rings is 1. The molecule has 0 spiro atoms. The normalized spacial score (nSPS) is 19.8. The standard InChI is InChI=1S/C13H19FN2O4S/c1-2-19-9-10-8-16(6-7-20-10)13-11(14)4-3-5-12(13)21(15,17)18/h3-5,10H,2,6-9H2,1H3,(H2,15,17,18). The molecule has 1 saturated heterocycles. The number of ether oxygens (including phenoxy) is 2. The van der Waals surface area contributed by atoms with Crippen LogP contribution in [0.5, 0.6) is 0 Å². The molecule has 2 rings (SSSR count). The van der Waals surface area contributed by atoms with Crippen LogP contribution < -0.4 is 10.0 Å². The number of morpholine rings is 1. The first-order valence-corrected chi connectivity index (χ1v) is 8.23. The third-order valence-electron chi connectivity index (χ3n) is 3.22. The van der Waals surface area contributed by atoms with E-state index in [1.165, 1.54) is 18.2 Å². The van der Waals surface area contributed by atoms with Gasteiger partial charge in [0.2, 0.25) is 10.0 Å². The molecule has 1 aromatic carbocycles. The number of sulfonamides is 1. The third-order valence-corrected chi connectivity index (χ3v) is 4.16. The smallest absolute Gasteiger partial charge is 0.240 e. The summed E-state index contributed by atoms with van der Waals surface area (Å²) < 4.78 is 48.2. The summed E-state index contributed by atoms with van der Waals surface area (Å²) >= 11 is 0. The second kappa shape index (κ2) is 6.69. The largest absolute Gasteiger partial charge is 0.379 e. The first-order valence-electron chi connectivity index (χ1n) is 6.69. The summed E-state index contributed by atoms with van der Waals surface area (Å²) in [6, 6.07) is 3.86. The fraction of sp³-hybridized carbons (Fsp3) is 0.538. The summed E-state index contributed by atoms with van der Waals surface area (Å²) in [5.74, 6) is -0.612. The maximum absolute atomic E-state index is 14.1. The summed E-state index contributed by atoms with van der Waals surface area (Å²) in [5, 5.41) is 5.17. The number of hydrogen-bond acceptors (Lipinski definition) is 5. The van der Waals surface area contributed by atoms with Crippen molar-refractivity contribution in [1.82, 2.24) is 0 Å². The summed E-state index contributed by atoms with van der Waals surface area (Å²) in [7, 11) is -3.99. The predicted octanol–water partition coefficient (Wildman–Crippen LogP) is 0.715. The number of rotatable bonds is 5. The molecule has 1 aromatic rings. The molecule has 2 N–H and O–H groups in total. The van der Waals surface area contributed by atoms with Crippen LogP contribution in [0.25, 0.3) is 0 Å². The monoisotopic (exact) mass is 318 g/mol. The molecule has 1 unspecified atom stereocenters. The Morgan fingerprint density at radius 3 is 2.95 bits per heavy atom. The molecular formula is C13H19FN2O4S. The number of nitrogens with zero attached hydrogens (tertiary/aromatic N) is 1. The third kappa shape index (κ3) is 3.91. The van der Waals surface area contributed by atoms with Gasteiger partial charge in [-0.2, -0.15) is 0 Å². The average Bonchev–Trinajstić information content (AvgIpc) is 2.44. The van der Waals surface area contributed by atoms with E-state index in [2.05, 4.69) is 0 Å². The fourth-order valence-electron chi connectivity index (χ4n) is 2.30. The van der Waals surface area contributed by atoms with E-state index in [-0.39, 0.29) is 16.7 Å². The zero-order chi connectivity index (χ0) is 15.5. The molecule has 0 aliphatic carbocycles. The van der Waals surface area contributed by atoms with E-state index in [0.29, 0.717) is 32.9 Å². The highest BCUT2D eigenvalue weighted by Crippen LogP contribution is 2.29. The van der Waals surface area contributed by atoms with Crippen molar-refractivity contribution < 1.29 is 22.3 Å². The minimum Gasteiger partial charge on any atom is -0.379 e. The maximum atomic E-state index is 14.1. The fourth-order valence-corrected chi connectivity index (χ4v) is 3.07. The molecule has 0 aromatic heterocycles. The second-order valence-corrected chi connectivity index (χ2v) is 6.26. The van der Waals surface area contributed by atoms with E-state index in [4.69, 9.17) is 14.6 Å². The van der Waals surface area contributed by atoms with Crippen molar-refractivity contribution in [3.05, 3.63) is 24.0 Å². The lowest BCUT2D eigenvalue weighted by molar-refractivity contribution is -0.0209. The Morgan fingerprint density at radius 2 is 2.29 bits per heavy atom. The zero-order valence-electron chi connectivity index (χ0n) is 11.8. The van der Waals surface area contributed by atoms with Crippen molar-refractivity contribution in [3.8, 4) is 0 Å². The van der Waals surface area contributed by atoms with E-state index >= 15 is 0 Å². The molecule has 1 heterocycles. The first kappa shape index (κ1) is 16.2. The minimum atomic E-state index is -3.99. The molecule has 1 fully saturated rings. The Morgan fingerprint density at radius 1 is 1.52 bits per heavy atom. The summed E-state index contributed by atoms with van der Waals surface area (Å²) in [6.07, 6.45) is -0.230. The summed E-state index contributed by atoms with van der Waals surface area (Å²) in [5.41, 5.74) is 0.00444. The highest BCUT2D eigenvalue weighted by atomic mass is 32.2. The number of para-hydroxylation sites is 1. The van der Waals surface area contributed by atoms with E-state index in [1.807, 2.05) is 6.92 Å². The zero-order valence-corrected chi connectivity index (χ0v) is 12.6. The average molecular weight is 318 g/mol. The van der Waals surface area contributed by atoms with Crippen LogP contribution in [0.15, 0.2) is 23.1 Å². The predicted molar refractivity (Wildman–Crippen MR) is 76.2 cm³/mol. The van der Waals surface area contributed by atoms with Crippen LogP contribution in [0.1, 0.15) is 6.92 Å². The first-order chi connectivity index (χ1) is 9.93. The maximum Gasteiger partial charge on any atom is 0.240 e. The van der Waals surface area contributed by atoms with Gasteiger partial charge in [0.15, 0.2) is 0 Å². The molecule has 1 aliphatic heterocycles. The number of hydrogen-bond donors (Lipinski definition) is 1. The highest BCUT2D eigenvalue weighted by molar-refractivity contribution is 7.89. The van der Waals surface area contributed by atoms with Crippen LogP contribution in [0.2, 0.25) is 0 Å². The Bertz CT molecular complexity index is 594. The van der Waals surface area contributed by atoms with E-state index in [1.54, 1.807) is 4.90 Å². The van der Waals surface area contributed by atoms with Crippen LogP contribution in [-0.4, -0.2) is 47.4 Å². The van der Waals surface area contributed by atoms with E-state index in [0.717, 1.165) is 0 Å². The summed E-state index contributed by atoms with van der Waals surface area (Å²) in [4.78, 5) is 1.43. The van der Waals surface area contributed by atoms with Gasteiger partial charge in [-0.15, -0.1) is 0 Å². The molecule has 6 nitrogen and oxygen atoms in total. The molecule has 118 valence electrons. The van der Waals surface area contributed by atoms with Crippen molar-refractivity contribution in [3.63, 3.8) is 0 Å². The number of halogens is 1. The van der Waals surface area contributed by atoms with Gasteiger partial charge in [-0.1, -0.05) is 6.07 Å². The number of nitrogens with two attached hydrogens (primary N) is 1. The Labute approximate surface area is 123 Å². The molecule has 1 atom stereocenters. The van der Waals surface area contributed by atoms with Crippen LogP contribution >= 0.6 is 0 Å². The second-order valence-electron chi connectivity index (χ2n) is 4.73. The lowest BCUT2D eigenvalue weighted by Crippen LogP contribution is -2.45. The van der Waals surface area contributed by atoms with Gasteiger partial charge < -0.3 is 14.4 Å². The SMILES string of the molecule is CCOCC1CN(c2c(F)cccc2S(N)(=O)=O)CCO1. The quantitative estimate of drug-likeness (QED) is 0.865. The molecule has 21 heavy (non-hydrogen) atoms. The number of primary sulfonamides is 1. The lowest BCUT2D eigenvalue weighted by atomic mass is 10.2. The van der Waals surface area contributed by atoms with Crippen molar-refractivity contribution in [1.29, 1.82) is 0 Å². The van der Waals surface area contributed by atoms with Crippen molar-refractivity contribution in [2.24, 2.45) is 5.14 Å². The molecule has 0 amide bonds. The van der Waals surface area contributed by atoms with Crippen LogP contribution in [0.4, 0.5) is 10.1 Å². The van der Waals surface area contributed by atoms with Crippen LogP contribution in [-0.2, 0) is 19.5 Å². The Balaban J connectivity index is 2.29. The van der Waals surface area contributed by atoms with Crippen molar-refractivity contribution in [2.45, 2.75) is 17.9 Å². The van der Waals surface area contributed by atoms with E-state index < -0.39 is 15.8 Å². The van der Waals surface area contributed by atoms with Gasteiger partial charge in [-0.3, -0.25) is 0 Å². The van der Waals surface area contributed by atoms with Crippen molar-refractivity contribution >= 4 is 15.7 Å². The van der Waals surface area contributed by atoms with Gasteiger partial charge in [0.05, 0.1) is 25.0 Å². The topological polar surface area (TPSA) is 81.9 Å². The molecule has 0 bridgehead atoms.